The Morgan fingerprint density at radius 1 is 1.29 bits per heavy atom. The molecule has 2 rings (SSSR count). The fraction of sp³-hybridized carbons (Fsp3) is 0.538. The highest BCUT2D eigenvalue weighted by atomic mass is 35.5. The van der Waals surface area contributed by atoms with E-state index in [1.165, 1.54) is 17.5 Å². The Morgan fingerprint density at radius 2 is 1.86 bits per heavy atom. The average molecular weight is 211 g/mol. The summed E-state index contributed by atoms with van der Waals surface area (Å²) in [5.41, 5.74) is 2.73. The van der Waals surface area contributed by atoms with Gasteiger partial charge in [0.1, 0.15) is 0 Å². The smallest absolute Gasteiger partial charge is 0.0438 e. The maximum absolute atomic E-state index is 6.03. The predicted octanol–water partition coefficient (Wildman–Crippen LogP) is 4.80. The monoisotopic (exact) mass is 210 g/mol. The molecule has 0 radical (unpaired) electrons. The first kappa shape index (κ1) is 11.6. The Balaban J connectivity index is 0.000000461. The van der Waals surface area contributed by atoms with Crippen molar-refractivity contribution in [2.45, 2.75) is 40.0 Å². The van der Waals surface area contributed by atoms with Crippen molar-refractivity contribution in [1.29, 1.82) is 0 Å². The molecule has 0 aliphatic heterocycles. The Kier molecular flexibility index (Phi) is 4.00. The van der Waals surface area contributed by atoms with E-state index in [2.05, 4.69) is 26.0 Å². The Hall–Kier alpha value is -0.490. The largest absolute Gasteiger partial charge is 0.0840 e. The van der Waals surface area contributed by atoms with E-state index in [0.717, 1.165) is 16.9 Å². The highest BCUT2D eigenvalue weighted by Crippen LogP contribution is 2.48. The van der Waals surface area contributed by atoms with Crippen LogP contribution in [0.15, 0.2) is 18.2 Å². The van der Waals surface area contributed by atoms with Crippen molar-refractivity contribution in [2.24, 2.45) is 5.92 Å². The van der Waals surface area contributed by atoms with Crippen LogP contribution in [0.4, 0.5) is 0 Å². The molecule has 1 aliphatic rings. The molecule has 2 atom stereocenters. The third-order valence-corrected chi connectivity index (χ3v) is 3.23. The second kappa shape index (κ2) is 4.84. The molecule has 0 aromatic heterocycles. The first-order valence-corrected chi connectivity index (χ1v) is 5.83. The fourth-order valence-corrected chi connectivity index (χ4v) is 1.96. The lowest BCUT2D eigenvalue weighted by atomic mass is 10.0. The van der Waals surface area contributed by atoms with Gasteiger partial charge in [-0.25, -0.2) is 0 Å². The molecule has 0 amide bonds. The number of hydrogen-bond acceptors (Lipinski definition) is 0. The minimum atomic E-state index is 0.781. The van der Waals surface area contributed by atoms with Gasteiger partial charge < -0.3 is 0 Å². The Labute approximate surface area is 92.3 Å². The maximum atomic E-state index is 6.03. The minimum absolute atomic E-state index is 0.781. The SMILES string of the molecule is CC.Cc1c(Cl)cccc1C1CC1C. The van der Waals surface area contributed by atoms with Gasteiger partial charge in [0.2, 0.25) is 0 Å². The topological polar surface area (TPSA) is 0 Å². The molecule has 1 fully saturated rings. The molecule has 78 valence electrons. The molecule has 0 N–H and O–H groups in total. The summed E-state index contributed by atoms with van der Waals surface area (Å²) in [6.45, 7) is 8.41. The molecular formula is C13H19Cl. The lowest BCUT2D eigenvalue weighted by molar-refractivity contribution is 0.908. The highest BCUT2D eigenvalue weighted by molar-refractivity contribution is 6.31. The van der Waals surface area contributed by atoms with Crippen LogP contribution in [0.25, 0.3) is 0 Å². The van der Waals surface area contributed by atoms with E-state index >= 15 is 0 Å². The summed E-state index contributed by atoms with van der Waals surface area (Å²) in [5, 5.41) is 0.909. The van der Waals surface area contributed by atoms with Gasteiger partial charge in [-0.15, -0.1) is 0 Å². The predicted molar refractivity (Wildman–Crippen MR) is 64.1 cm³/mol. The van der Waals surface area contributed by atoms with Crippen LogP contribution in [0, 0.1) is 12.8 Å². The van der Waals surface area contributed by atoms with E-state index in [9.17, 15) is 0 Å². The molecule has 0 nitrogen and oxygen atoms in total. The molecule has 1 heteroatoms. The van der Waals surface area contributed by atoms with E-state index in [1.54, 1.807) is 0 Å². The normalized spacial score (nSPS) is 23.8. The number of halogens is 1. The van der Waals surface area contributed by atoms with Crippen LogP contribution in [-0.2, 0) is 0 Å². The molecule has 0 bridgehead atoms. The first-order valence-electron chi connectivity index (χ1n) is 5.45. The fourth-order valence-electron chi connectivity index (χ4n) is 1.78. The zero-order chi connectivity index (χ0) is 10.7. The lowest BCUT2D eigenvalue weighted by Crippen LogP contribution is -1.87. The molecule has 1 aromatic rings. The zero-order valence-corrected chi connectivity index (χ0v) is 10.2. The number of hydrogen-bond donors (Lipinski definition) is 0. The van der Waals surface area contributed by atoms with Crippen molar-refractivity contribution in [3.8, 4) is 0 Å². The molecule has 1 saturated carbocycles. The Morgan fingerprint density at radius 3 is 2.36 bits per heavy atom. The van der Waals surface area contributed by atoms with Crippen molar-refractivity contribution in [2.75, 3.05) is 0 Å². The van der Waals surface area contributed by atoms with E-state index in [0.29, 0.717) is 0 Å². The second-order valence-electron chi connectivity index (χ2n) is 3.77. The summed E-state index contributed by atoms with van der Waals surface area (Å²) in [6.07, 6.45) is 1.33. The maximum Gasteiger partial charge on any atom is 0.0438 e. The van der Waals surface area contributed by atoms with Crippen molar-refractivity contribution in [3.05, 3.63) is 34.3 Å². The average Bonchev–Trinajstić information content (AvgIpc) is 2.91. The summed E-state index contributed by atoms with van der Waals surface area (Å²) in [4.78, 5) is 0. The quantitative estimate of drug-likeness (QED) is 0.625. The third-order valence-electron chi connectivity index (χ3n) is 2.82. The van der Waals surface area contributed by atoms with Crippen LogP contribution < -0.4 is 0 Å². The molecular weight excluding hydrogens is 192 g/mol. The number of rotatable bonds is 1. The summed E-state index contributed by atoms with van der Waals surface area (Å²) in [6, 6.07) is 6.22. The van der Waals surface area contributed by atoms with Gasteiger partial charge >= 0.3 is 0 Å². The molecule has 0 heterocycles. The van der Waals surface area contributed by atoms with Crippen molar-refractivity contribution >= 4 is 11.6 Å². The van der Waals surface area contributed by atoms with Gasteiger partial charge in [-0.2, -0.15) is 0 Å². The lowest BCUT2D eigenvalue weighted by Gasteiger charge is -2.05. The van der Waals surface area contributed by atoms with Crippen LogP contribution in [0.3, 0.4) is 0 Å². The van der Waals surface area contributed by atoms with Gasteiger partial charge in [-0.1, -0.05) is 44.5 Å². The zero-order valence-electron chi connectivity index (χ0n) is 9.47. The summed E-state index contributed by atoms with van der Waals surface area (Å²) in [5.74, 6) is 1.64. The molecule has 14 heavy (non-hydrogen) atoms. The van der Waals surface area contributed by atoms with Crippen molar-refractivity contribution in [1.82, 2.24) is 0 Å². The molecule has 0 saturated heterocycles. The first-order chi connectivity index (χ1) is 6.70. The second-order valence-corrected chi connectivity index (χ2v) is 4.18. The van der Waals surface area contributed by atoms with Crippen LogP contribution in [-0.4, -0.2) is 0 Å². The summed E-state index contributed by atoms with van der Waals surface area (Å²) >= 11 is 6.03. The van der Waals surface area contributed by atoms with Gasteiger partial charge in [0.05, 0.1) is 0 Å². The van der Waals surface area contributed by atoms with Crippen molar-refractivity contribution < 1.29 is 0 Å². The van der Waals surface area contributed by atoms with E-state index < -0.39 is 0 Å². The standard InChI is InChI=1S/C11H13Cl.C2H6/c1-7-6-10(7)9-4-3-5-11(12)8(9)2;1-2/h3-5,7,10H,6H2,1-2H3;1-2H3. The van der Waals surface area contributed by atoms with E-state index in [4.69, 9.17) is 11.6 Å². The van der Waals surface area contributed by atoms with Gasteiger partial charge in [0.25, 0.3) is 0 Å². The van der Waals surface area contributed by atoms with Crippen LogP contribution in [0.5, 0.6) is 0 Å². The van der Waals surface area contributed by atoms with Crippen LogP contribution in [0.2, 0.25) is 5.02 Å². The summed E-state index contributed by atoms with van der Waals surface area (Å²) in [7, 11) is 0. The molecule has 0 spiro atoms. The number of benzene rings is 1. The summed E-state index contributed by atoms with van der Waals surface area (Å²) < 4.78 is 0. The van der Waals surface area contributed by atoms with Crippen molar-refractivity contribution in [3.63, 3.8) is 0 Å². The van der Waals surface area contributed by atoms with Crippen LogP contribution >= 0.6 is 11.6 Å². The molecule has 1 aliphatic carbocycles. The van der Waals surface area contributed by atoms with Gasteiger partial charge in [-0.3, -0.25) is 0 Å². The van der Waals surface area contributed by atoms with E-state index in [-0.39, 0.29) is 0 Å². The van der Waals surface area contributed by atoms with Gasteiger partial charge in [0, 0.05) is 5.02 Å². The highest BCUT2D eigenvalue weighted by Gasteiger charge is 2.34. The van der Waals surface area contributed by atoms with E-state index in [1.807, 2.05) is 19.9 Å². The minimum Gasteiger partial charge on any atom is -0.0840 e. The third kappa shape index (κ3) is 2.30. The van der Waals surface area contributed by atoms with Gasteiger partial charge in [-0.05, 0) is 42.4 Å². The Bertz CT molecular complexity index is 304. The van der Waals surface area contributed by atoms with Gasteiger partial charge in [0.15, 0.2) is 0 Å². The van der Waals surface area contributed by atoms with Crippen LogP contribution in [0.1, 0.15) is 44.2 Å². The molecule has 1 aromatic carbocycles. The molecule has 2 unspecified atom stereocenters.